The lowest BCUT2D eigenvalue weighted by Crippen LogP contribution is -2.12. The average molecular weight is 384 g/mol. The molecule has 3 rings (SSSR count). The van der Waals surface area contributed by atoms with Crippen LogP contribution in [0.3, 0.4) is 0 Å². The number of esters is 2. The molecule has 8 nitrogen and oxygen atoms in total. The van der Waals surface area contributed by atoms with Crippen LogP contribution in [0.25, 0.3) is 11.0 Å². The largest absolute Gasteiger partial charge is 0.733 e. The van der Waals surface area contributed by atoms with Gasteiger partial charge in [0.25, 0.3) is 0 Å². The van der Waals surface area contributed by atoms with Crippen molar-refractivity contribution in [3.05, 3.63) is 64.6 Å². The van der Waals surface area contributed by atoms with Crippen molar-refractivity contribution < 1.29 is 28.7 Å². The molecule has 0 spiro atoms. The zero-order chi connectivity index (χ0) is 20.4. The Bertz CT molecular complexity index is 1020. The predicted octanol–water partition coefficient (Wildman–Crippen LogP) is 4.22. The summed E-state index contributed by atoms with van der Waals surface area (Å²) in [4.78, 5) is 24.7. The van der Waals surface area contributed by atoms with E-state index in [9.17, 15) is 14.8 Å². The van der Waals surface area contributed by atoms with Gasteiger partial charge in [-0.2, -0.15) is 0 Å². The highest BCUT2D eigenvalue weighted by Gasteiger charge is 2.21. The molecular formula is C20H18NO7-. The third kappa shape index (κ3) is 3.98. The van der Waals surface area contributed by atoms with Crippen molar-refractivity contribution in [2.75, 3.05) is 5.23 Å². The van der Waals surface area contributed by atoms with Gasteiger partial charge >= 0.3 is 11.9 Å². The van der Waals surface area contributed by atoms with E-state index in [1.807, 2.05) is 0 Å². The summed E-state index contributed by atoms with van der Waals surface area (Å²) in [6, 6.07) is 9.94. The van der Waals surface area contributed by atoms with Crippen molar-refractivity contribution in [1.29, 1.82) is 0 Å². The Hall–Kier alpha value is -3.36. The fraction of sp³-hybridized carbons (Fsp3) is 0.200. The Kier molecular flexibility index (Phi) is 5.34. The van der Waals surface area contributed by atoms with Crippen LogP contribution in [0.4, 0.5) is 5.69 Å². The normalized spacial score (nSPS) is 10.9. The molecule has 28 heavy (non-hydrogen) atoms. The van der Waals surface area contributed by atoms with Crippen LogP contribution < -0.4 is 9.96 Å². The van der Waals surface area contributed by atoms with Crippen LogP contribution in [0.5, 0.6) is 5.75 Å². The summed E-state index contributed by atoms with van der Waals surface area (Å²) in [6.07, 6.45) is -0.287. The van der Waals surface area contributed by atoms with Gasteiger partial charge < -0.3 is 24.3 Å². The standard InChI is InChI=1S/C20H18NO7/c1-11(2)26-20(23)18-12(3)27-17-9-8-15(10-16(17)18)28-19(22)13-4-6-14(7-5-13)21(24)25/h4-11,24H,1-3H3/q-1. The summed E-state index contributed by atoms with van der Waals surface area (Å²) in [6.45, 7) is 5.15. The number of rotatable bonds is 5. The molecule has 0 aliphatic heterocycles. The minimum atomic E-state index is -0.659. The zero-order valence-electron chi connectivity index (χ0n) is 15.5. The Morgan fingerprint density at radius 3 is 2.39 bits per heavy atom. The van der Waals surface area contributed by atoms with Gasteiger partial charge in [0.2, 0.25) is 0 Å². The van der Waals surface area contributed by atoms with E-state index >= 15 is 0 Å². The molecule has 0 unspecified atom stereocenters. The molecule has 0 aliphatic rings. The molecule has 1 heterocycles. The first kappa shape index (κ1) is 19.4. The van der Waals surface area contributed by atoms with Crippen LogP contribution in [0.15, 0.2) is 46.9 Å². The monoisotopic (exact) mass is 384 g/mol. The summed E-state index contributed by atoms with van der Waals surface area (Å²) in [5.74, 6) is -0.552. The molecule has 3 aromatic rings. The van der Waals surface area contributed by atoms with Crippen molar-refractivity contribution in [1.82, 2.24) is 0 Å². The molecule has 0 atom stereocenters. The van der Waals surface area contributed by atoms with Crippen LogP contribution in [0, 0.1) is 12.1 Å². The first-order chi connectivity index (χ1) is 13.3. The quantitative estimate of drug-likeness (QED) is 0.395. The number of aryl methyl sites for hydroxylation is 1. The van der Waals surface area contributed by atoms with E-state index in [2.05, 4.69) is 0 Å². The molecule has 1 aromatic heterocycles. The Labute approximate surface area is 160 Å². The number of anilines is 1. The Morgan fingerprint density at radius 1 is 1.11 bits per heavy atom. The van der Waals surface area contributed by atoms with Gasteiger partial charge in [0, 0.05) is 5.39 Å². The van der Waals surface area contributed by atoms with Crippen LogP contribution in [-0.4, -0.2) is 23.2 Å². The first-order valence-corrected chi connectivity index (χ1v) is 8.48. The van der Waals surface area contributed by atoms with Gasteiger partial charge in [0.05, 0.1) is 17.4 Å². The Morgan fingerprint density at radius 2 is 1.79 bits per heavy atom. The smallest absolute Gasteiger partial charge is 0.343 e. The molecule has 0 fully saturated rings. The number of ether oxygens (including phenoxy) is 2. The van der Waals surface area contributed by atoms with Gasteiger partial charge in [0.15, 0.2) is 0 Å². The molecule has 0 bridgehead atoms. The third-order valence-corrected chi connectivity index (χ3v) is 3.92. The second kappa shape index (κ2) is 7.71. The van der Waals surface area contributed by atoms with Gasteiger partial charge in [-0.15, -0.1) is 0 Å². The van der Waals surface area contributed by atoms with Gasteiger partial charge in [-0.3, -0.25) is 5.21 Å². The van der Waals surface area contributed by atoms with Crippen molar-refractivity contribution in [3.63, 3.8) is 0 Å². The second-order valence-corrected chi connectivity index (χ2v) is 6.35. The number of fused-ring (bicyclic) bond motifs is 1. The van der Waals surface area contributed by atoms with Crippen LogP contribution >= 0.6 is 0 Å². The van der Waals surface area contributed by atoms with E-state index in [-0.39, 0.29) is 33.9 Å². The van der Waals surface area contributed by atoms with Gasteiger partial charge in [0.1, 0.15) is 22.7 Å². The zero-order valence-corrected chi connectivity index (χ0v) is 15.5. The highest BCUT2D eigenvalue weighted by atomic mass is 16.8. The van der Waals surface area contributed by atoms with E-state index in [0.717, 1.165) is 0 Å². The summed E-state index contributed by atoms with van der Waals surface area (Å²) < 4.78 is 16.2. The molecule has 1 N–H and O–H groups in total. The number of carbonyl (C=O) groups is 2. The lowest BCUT2D eigenvalue weighted by atomic mass is 10.1. The number of benzene rings is 2. The van der Waals surface area contributed by atoms with Gasteiger partial charge in [-0.25, -0.2) is 9.59 Å². The van der Waals surface area contributed by atoms with E-state index in [0.29, 0.717) is 16.7 Å². The summed E-state index contributed by atoms with van der Waals surface area (Å²) >= 11 is 0. The highest BCUT2D eigenvalue weighted by Crippen LogP contribution is 2.30. The summed E-state index contributed by atoms with van der Waals surface area (Å²) in [7, 11) is 0. The molecule has 0 aliphatic carbocycles. The van der Waals surface area contributed by atoms with E-state index in [1.165, 1.54) is 30.3 Å². The molecule has 2 aromatic carbocycles. The molecule has 0 saturated carbocycles. The third-order valence-electron chi connectivity index (χ3n) is 3.92. The van der Waals surface area contributed by atoms with Gasteiger partial charge in [-0.1, -0.05) is 0 Å². The van der Waals surface area contributed by atoms with Crippen LogP contribution in [0.2, 0.25) is 0 Å². The van der Waals surface area contributed by atoms with Crippen molar-refractivity contribution in [2.24, 2.45) is 0 Å². The molecule has 0 amide bonds. The Balaban J connectivity index is 1.87. The summed E-state index contributed by atoms with van der Waals surface area (Å²) in [5.41, 5.74) is 0.925. The van der Waals surface area contributed by atoms with Gasteiger partial charge in [-0.05, 0) is 63.2 Å². The molecular weight excluding hydrogens is 366 g/mol. The topological polar surface area (TPSA) is 112 Å². The maximum absolute atomic E-state index is 12.4. The number of hydrogen-bond acceptors (Lipinski definition) is 8. The maximum Gasteiger partial charge on any atom is 0.343 e. The SMILES string of the molecule is Cc1oc2ccc(OC(=O)c3ccc(N([O-])O)cc3)cc2c1C(=O)OC(C)C. The number of hydrogen-bond donors (Lipinski definition) is 1. The van der Waals surface area contributed by atoms with E-state index in [1.54, 1.807) is 32.9 Å². The first-order valence-electron chi connectivity index (χ1n) is 8.48. The highest BCUT2D eigenvalue weighted by molar-refractivity contribution is 6.05. The maximum atomic E-state index is 12.4. The van der Waals surface area contributed by atoms with Crippen molar-refractivity contribution in [3.8, 4) is 5.75 Å². The lowest BCUT2D eigenvalue weighted by molar-refractivity contribution is 0.0378. The van der Waals surface area contributed by atoms with Crippen molar-refractivity contribution in [2.45, 2.75) is 26.9 Å². The van der Waals surface area contributed by atoms with Crippen LogP contribution in [0.1, 0.15) is 40.3 Å². The fourth-order valence-corrected chi connectivity index (χ4v) is 2.68. The van der Waals surface area contributed by atoms with E-state index < -0.39 is 11.9 Å². The fourth-order valence-electron chi connectivity index (χ4n) is 2.68. The molecule has 0 radical (unpaired) electrons. The minimum absolute atomic E-state index is 0.0138. The lowest BCUT2D eigenvalue weighted by Gasteiger charge is -2.21. The second-order valence-electron chi connectivity index (χ2n) is 6.35. The van der Waals surface area contributed by atoms with E-state index in [4.69, 9.17) is 19.1 Å². The number of nitrogens with zero attached hydrogens (tertiary/aromatic N) is 1. The predicted molar refractivity (Wildman–Crippen MR) is 101 cm³/mol. The van der Waals surface area contributed by atoms with Crippen molar-refractivity contribution >= 4 is 28.6 Å². The molecule has 146 valence electrons. The summed E-state index contributed by atoms with van der Waals surface area (Å²) in [5, 5.41) is 19.8. The number of carbonyl (C=O) groups excluding carboxylic acids is 2. The average Bonchev–Trinajstić information content (AvgIpc) is 2.96. The van der Waals surface area contributed by atoms with Crippen LogP contribution in [-0.2, 0) is 4.74 Å². The molecule has 8 heteroatoms. The molecule has 0 saturated heterocycles. The number of furan rings is 1. The minimum Gasteiger partial charge on any atom is -0.733 e.